The molecule has 0 bridgehead atoms. The Hall–Kier alpha value is -1.01. The molecule has 1 aromatic heterocycles. The molecule has 1 fully saturated rings. The summed E-state index contributed by atoms with van der Waals surface area (Å²) < 4.78 is 0. The van der Waals surface area contributed by atoms with Gasteiger partial charge in [0.2, 0.25) is 5.91 Å². The van der Waals surface area contributed by atoms with Crippen LogP contribution in [0.15, 0.2) is 0 Å². The number of carbonyl (C=O) groups is 1. The number of carbonyl (C=O) groups excluding carboxylic acids is 1. The molecule has 1 aromatic rings. The number of aromatic nitrogens is 2. The van der Waals surface area contributed by atoms with Crippen LogP contribution in [0.1, 0.15) is 62.4 Å². The third-order valence-electron chi connectivity index (χ3n) is 3.96. The van der Waals surface area contributed by atoms with Gasteiger partial charge in [-0.3, -0.25) is 4.79 Å². The van der Waals surface area contributed by atoms with Gasteiger partial charge in [0.25, 0.3) is 0 Å². The van der Waals surface area contributed by atoms with Crippen molar-refractivity contribution in [2.24, 2.45) is 11.7 Å². The Morgan fingerprint density at radius 3 is 2.85 bits per heavy atom. The van der Waals surface area contributed by atoms with Crippen LogP contribution in [0, 0.1) is 5.92 Å². The summed E-state index contributed by atoms with van der Waals surface area (Å²) in [6.45, 7) is 6.61. The van der Waals surface area contributed by atoms with E-state index in [4.69, 9.17) is 5.73 Å². The molecular weight excluding hydrogens is 272 g/mol. The second-order valence-corrected chi connectivity index (χ2v) is 7.30. The van der Waals surface area contributed by atoms with Crippen LogP contribution in [0.4, 0.5) is 0 Å². The van der Waals surface area contributed by atoms with Gasteiger partial charge >= 0.3 is 0 Å². The van der Waals surface area contributed by atoms with Crippen molar-refractivity contribution in [3.8, 4) is 0 Å². The average Bonchev–Trinajstić information content (AvgIpc) is 2.84. The molecule has 6 heteroatoms. The van der Waals surface area contributed by atoms with E-state index in [1.54, 1.807) is 11.3 Å². The van der Waals surface area contributed by atoms with Gasteiger partial charge in [-0.25, -0.2) is 0 Å². The minimum Gasteiger partial charge on any atom is -0.349 e. The highest BCUT2D eigenvalue weighted by Gasteiger charge is 2.37. The van der Waals surface area contributed by atoms with Crippen LogP contribution >= 0.6 is 11.3 Å². The summed E-state index contributed by atoms with van der Waals surface area (Å²) >= 11 is 1.56. The van der Waals surface area contributed by atoms with Crippen molar-refractivity contribution in [1.29, 1.82) is 0 Å². The maximum atomic E-state index is 12.3. The van der Waals surface area contributed by atoms with Crippen molar-refractivity contribution in [2.75, 3.05) is 0 Å². The maximum absolute atomic E-state index is 12.3. The van der Waals surface area contributed by atoms with Crippen LogP contribution < -0.4 is 11.1 Å². The molecule has 20 heavy (non-hydrogen) atoms. The van der Waals surface area contributed by atoms with E-state index in [-0.39, 0.29) is 17.4 Å². The van der Waals surface area contributed by atoms with E-state index in [0.717, 1.165) is 35.7 Å². The van der Waals surface area contributed by atoms with Gasteiger partial charge < -0.3 is 11.1 Å². The number of hydrogen-bond acceptors (Lipinski definition) is 5. The molecular formula is C14H24N4OS. The zero-order valence-corrected chi connectivity index (χ0v) is 13.3. The predicted molar refractivity (Wildman–Crippen MR) is 80.4 cm³/mol. The molecule has 5 nitrogen and oxygen atoms in total. The number of amides is 1. The molecule has 1 aliphatic carbocycles. The summed E-state index contributed by atoms with van der Waals surface area (Å²) in [5, 5.41) is 13.1. The lowest BCUT2D eigenvalue weighted by Gasteiger charge is -2.37. The predicted octanol–water partition coefficient (Wildman–Crippen LogP) is 2.19. The van der Waals surface area contributed by atoms with E-state index >= 15 is 0 Å². The number of rotatable bonds is 4. The normalized spacial score (nSPS) is 26.8. The van der Waals surface area contributed by atoms with Crippen LogP contribution in [0.25, 0.3) is 0 Å². The molecule has 0 radical (unpaired) electrons. The zero-order chi connectivity index (χ0) is 14.8. The summed E-state index contributed by atoms with van der Waals surface area (Å²) in [6.07, 6.45) is 4.00. The SMILES string of the molecule is CC(C)c1nnc(CNC(=O)C2CCCCC2(C)N)s1. The Bertz CT molecular complexity index is 469. The first-order valence-electron chi connectivity index (χ1n) is 7.29. The summed E-state index contributed by atoms with van der Waals surface area (Å²) in [5.41, 5.74) is 5.87. The van der Waals surface area contributed by atoms with E-state index < -0.39 is 0 Å². The zero-order valence-electron chi connectivity index (χ0n) is 12.5. The van der Waals surface area contributed by atoms with Gasteiger partial charge in [0, 0.05) is 11.5 Å². The van der Waals surface area contributed by atoms with E-state index in [1.807, 2.05) is 6.92 Å². The van der Waals surface area contributed by atoms with Crippen molar-refractivity contribution >= 4 is 17.2 Å². The second-order valence-electron chi connectivity index (χ2n) is 6.21. The van der Waals surface area contributed by atoms with Crippen LogP contribution in [-0.2, 0) is 11.3 Å². The second kappa shape index (κ2) is 6.18. The molecule has 0 spiro atoms. The molecule has 112 valence electrons. The molecule has 0 aromatic carbocycles. The van der Waals surface area contributed by atoms with Gasteiger partial charge in [-0.2, -0.15) is 0 Å². The van der Waals surface area contributed by atoms with Gasteiger partial charge in [-0.15, -0.1) is 10.2 Å². The largest absolute Gasteiger partial charge is 0.349 e. The van der Waals surface area contributed by atoms with Crippen molar-refractivity contribution in [3.63, 3.8) is 0 Å². The molecule has 1 aliphatic rings. The Morgan fingerprint density at radius 1 is 1.50 bits per heavy atom. The van der Waals surface area contributed by atoms with Crippen LogP contribution in [0.5, 0.6) is 0 Å². The van der Waals surface area contributed by atoms with Crippen LogP contribution in [-0.4, -0.2) is 21.6 Å². The maximum Gasteiger partial charge on any atom is 0.225 e. The van der Waals surface area contributed by atoms with Crippen molar-refractivity contribution < 1.29 is 4.79 Å². The first-order chi connectivity index (χ1) is 9.40. The van der Waals surface area contributed by atoms with Crippen LogP contribution in [0.2, 0.25) is 0 Å². The highest BCUT2D eigenvalue weighted by atomic mass is 32.1. The van der Waals surface area contributed by atoms with Gasteiger partial charge in [0.15, 0.2) is 0 Å². The highest BCUT2D eigenvalue weighted by Crippen LogP contribution is 2.31. The van der Waals surface area contributed by atoms with Gasteiger partial charge in [0.1, 0.15) is 10.0 Å². The van der Waals surface area contributed by atoms with Gasteiger partial charge in [-0.1, -0.05) is 38.0 Å². The molecule has 2 unspecified atom stereocenters. The fourth-order valence-electron chi connectivity index (χ4n) is 2.65. The monoisotopic (exact) mass is 296 g/mol. The quantitative estimate of drug-likeness (QED) is 0.892. The van der Waals surface area contributed by atoms with E-state index in [1.165, 1.54) is 0 Å². The molecule has 2 rings (SSSR count). The lowest BCUT2D eigenvalue weighted by atomic mass is 9.74. The molecule has 0 saturated heterocycles. The lowest BCUT2D eigenvalue weighted by molar-refractivity contribution is -0.128. The summed E-state index contributed by atoms with van der Waals surface area (Å²) in [6, 6.07) is 0. The van der Waals surface area contributed by atoms with Crippen molar-refractivity contribution in [2.45, 2.75) is 64.5 Å². The summed E-state index contributed by atoms with van der Waals surface area (Å²) in [7, 11) is 0. The van der Waals surface area contributed by atoms with E-state index in [0.29, 0.717) is 12.5 Å². The Balaban J connectivity index is 1.91. The first kappa shape index (κ1) is 15.4. The molecule has 2 atom stereocenters. The van der Waals surface area contributed by atoms with Gasteiger partial charge in [-0.05, 0) is 19.8 Å². The number of hydrogen-bond donors (Lipinski definition) is 2. The summed E-state index contributed by atoms with van der Waals surface area (Å²) in [5.74, 6) is 0.340. The molecule has 1 saturated carbocycles. The number of nitrogens with one attached hydrogen (secondary N) is 1. The lowest BCUT2D eigenvalue weighted by Crippen LogP contribution is -2.52. The number of nitrogens with zero attached hydrogens (tertiary/aromatic N) is 2. The van der Waals surface area contributed by atoms with Crippen LogP contribution in [0.3, 0.4) is 0 Å². The fourth-order valence-corrected chi connectivity index (χ4v) is 3.43. The molecule has 3 N–H and O–H groups in total. The minimum absolute atomic E-state index is 0.0518. The Kier molecular flexibility index (Phi) is 4.75. The minimum atomic E-state index is -0.382. The number of nitrogens with two attached hydrogens (primary N) is 1. The molecule has 1 amide bonds. The topological polar surface area (TPSA) is 80.9 Å². The van der Waals surface area contributed by atoms with Crippen molar-refractivity contribution in [1.82, 2.24) is 15.5 Å². The smallest absolute Gasteiger partial charge is 0.225 e. The Labute approximate surface area is 124 Å². The molecule has 1 heterocycles. The average molecular weight is 296 g/mol. The van der Waals surface area contributed by atoms with E-state index in [9.17, 15) is 4.79 Å². The molecule has 0 aliphatic heterocycles. The third-order valence-corrected chi connectivity index (χ3v) is 5.18. The highest BCUT2D eigenvalue weighted by molar-refractivity contribution is 7.11. The summed E-state index contributed by atoms with van der Waals surface area (Å²) in [4.78, 5) is 12.3. The van der Waals surface area contributed by atoms with E-state index in [2.05, 4.69) is 29.4 Å². The Morgan fingerprint density at radius 2 is 2.25 bits per heavy atom. The third kappa shape index (κ3) is 3.55. The fraction of sp³-hybridized carbons (Fsp3) is 0.786. The standard InChI is InChI=1S/C14H24N4OS/c1-9(2)13-18-17-11(20-13)8-16-12(19)10-6-4-5-7-14(10,3)15/h9-10H,4-8,15H2,1-3H3,(H,16,19). The van der Waals surface area contributed by atoms with Gasteiger partial charge in [0.05, 0.1) is 12.5 Å². The first-order valence-corrected chi connectivity index (χ1v) is 8.10. The van der Waals surface area contributed by atoms with Crippen molar-refractivity contribution in [3.05, 3.63) is 10.0 Å².